The number of nitrogens with one attached hydrogen (secondary N) is 1. The number of sulfone groups is 1. The van der Waals surface area contributed by atoms with Gasteiger partial charge in [0.1, 0.15) is 16.3 Å². The van der Waals surface area contributed by atoms with Crippen LogP contribution >= 0.6 is 11.5 Å². The highest BCUT2D eigenvalue weighted by atomic mass is 32.2. The van der Waals surface area contributed by atoms with Crippen molar-refractivity contribution >= 4 is 33.0 Å². The van der Waals surface area contributed by atoms with Crippen molar-refractivity contribution in [2.24, 2.45) is 0 Å². The van der Waals surface area contributed by atoms with Gasteiger partial charge >= 0.3 is 0 Å². The summed E-state index contributed by atoms with van der Waals surface area (Å²) < 4.78 is 28.9. The van der Waals surface area contributed by atoms with Crippen molar-refractivity contribution in [2.75, 3.05) is 5.32 Å². The van der Waals surface area contributed by atoms with E-state index >= 15 is 0 Å². The predicted molar refractivity (Wildman–Crippen MR) is 110 cm³/mol. The SMILES string of the molecule is CCC(C)c1ccc(NC(=O)c2snnc2CS(=O)(=O)c2ccccc2)cc1. The van der Waals surface area contributed by atoms with Gasteiger partial charge < -0.3 is 5.32 Å². The van der Waals surface area contributed by atoms with Crippen LogP contribution in [0.3, 0.4) is 0 Å². The van der Waals surface area contributed by atoms with Crippen LogP contribution < -0.4 is 5.32 Å². The van der Waals surface area contributed by atoms with Crippen LogP contribution in [0.25, 0.3) is 0 Å². The van der Waals surface area contributed by atoms with E-state index in [2.05, 4.69) is 28.8 Å². The summed E-state index contributed by atoms with van der Waals surface area (Å²) in [4.78, 5) is 13.0. The molecule has 8 heteroatoms. The third-order valence-corrected chi connectivity index (χ3v) is 6.95. The second-order valence-corrected chi connectivity index (χ2v) is 9.25. The average molecular weight is 416 g/mol. The first-order valence-electron chi connectivity index (χ1n) is 8.91. The number of carbonyl (C=O) groups is 1. The maximum absolute atomic E-state index is 12.6. The lowest BCUT2D eigenvalue weighted by Gasteiger charge is -2.10. The van der Waals surface area contributed by atoms with Crippen LogP contribution in [0, 0.1) is 0 Å². The molecule has 0 fully saturated rings. The summed E-state index contributed by atoms with van der Waals surface area (Å²) in [6.45, 7) is 4.28. The van der Waals surface area contributed by atoms with Gasteiger partial charge in [-0.2, -0.15) is 0 Å². The summed E-state index contributed by atoms with van der Waals surface area (Å²) >= 11 is 0.887. The van der Waals surface area contributed by atoms with Gasteiger partial charge in [-0.1, -0.05) is 48.7 Å². The highest BCUT2D eigenvalue weighted by Crippen LogP contribution is 2.23. The third kappa shape index (κ3) is 4.63. The molecule has 6 nitrogen and oxygen atoms in total. The molecule has 28 heavy (non-hydrogen) atoms. The van der Waals surface area contributed by atoms with Crippen LogP contribution in [-0.4, -0.2) is 23.9 Å². The highest BCUT2D eigenvalue weighted by Gasteiger charge is 2.23. The van der Waals surface area contributed by atoms with Gasteiger partial charge in [0.15, 0.2) is 9.84 Å². The summed E-state index contributed by atoms with van der Waals surface area (Å²) in [7, 11) is -3.61. The van der Waals surface area contributed by atoms with Gasteiger partial charge in [0, 0.05) is 5.69 Å². The maximum Gasteiger partial charge on any atom is 0.269 e. The number of hydrogen-bond donors (Lipinski definition) is 1. The predicted octanol–water partition coefficient (Wildman–Crippen LogP) is 4.28. The molecular weight excluding hydrogens is 394 g/mol. The van der Waals surface area contributed by atoms with Crippen LogP contribution in [0.1, 0.15) is 47.1 Å². The molecule has 3 rings (SSSR count). The van der Waals surface area contributed by atoms with E-state index in [4.69, 9.17) is 0 Å². The van der Waals surface area contributed by atoms with Crippen LogP contribution in [0.2, 0.25) is 0 Å². The molecule has 3 aromatic rings. The fraction of sp³-hybridized carbons (Fsp3) is 0.250. The van der Waals surface area contributed by atoms with E-state index in [1.807, 2.05) is 24.3 Å². The number of amides is 1. The van der Waals surface area contributed by atoms with Crippen molar-refractivity contribution in [3.8, 4) is 0 Å². The molecule has 0 aliphatic heterocycles. The molecule has 0 aliphatic rings. The minimum Gasteiger partial charge on any atom is -0.321 e. The number of rotatable bonds is 7. The zero-order valence-corrected chi connectivity index (χ0v) is 17.3. The Kier molecular flexibility index (Phi) is 6.21. The lowest BCUT2D eigenvalue weighted by Crippen LogP contribution is -2.14. The summed E-state index contributed by atoms with van der Waals surface area (Å²) in [6.07, 6.45) is 1.04. The Morgan fingerprint density at radius 1 is 1.11 bits per heavy atom. The molecule has 1 aromatic heterocycles. The Bertz CT molecular complexity index is 1050. The fourth-order valence-corrected chi connectivity index (χ4v) is 4.65. The first kappa shape index (κ1) is 20.2. The molecule has 0 radical (unpaired) electrons. The Balaban J connectivity index is 1.75. The zero-order chi connectivity index (χ0) is 20.1. The maximum atomic E-state index is 12.6. The van der Waals surface area contributed by atoms with Crippen LogP contribution in [0.5, 0.6) is 0 Å². The van der Waals surface area contributed by atoms with Crippen molar-refractivity contribution in [3.05, 3.63) is 70.7 Å². The zero-order valence-electron chi connectivity index (χ0n) is 15.6. The second kappa shape index (κ2) is 8.62. The minimum absolute atomic E-state index is 0.155. The summed E-state index contributed by atoms with van der Waals surface area (Å²) in [6, 6.07) is 15.7. The van der Waals surface area contributed by atoms with E-state index in [-0.39, 0.29) is 21.2 Å². The smallest absolute Gasteiger partial charge is 0.269 e. The third-order valence-electron chi connectivity index (χ3n) is 4.54. The van der Waals surface area contributed by atoms with Gasteiger partial charge in [0.2, 0.25) is 0 Å². The van der Waals surface area contributed by atoms with Gasteiger partial charge in [0.25, 0.3) is 5.91 Å². The molecule has 146 valence electrons. The molecule has 1 unspecified atom stereocenters. The van der Waals surface area contributed by atoms with Crippen molar-refractivity contribution < 1.29 is 13.2 Å². The van der Waals surface area contributed by atoms with Crippen molar-refractivity contribution in [1.82, 2.24) is 9.59 Å². The molecule has 0 saturated carbocycles. The fourth-order valence-electron chi connectivity index (χ4n) is 2.69. The van der Waals surface area contributed by atoms with Crippen LogP contribution in [0.15, 0.2) is 59.5 Å². The summed E-state index contributed by atoms with van der Waals surface area (Å²) in [5.41, 5.74) is 2.00. The molecule has 0 aliphatic carbocycles. The average Bonchev–Trinajstić information content (AvgIpc) is 3.16. The summed E-state index contributed by atoms with van der Waals surface area (Å²) in [5, 5.41) is 6.66. The summed E-state index contributed by atoms with van der Waals surface area (Å²) in [5.74, 6) is -0.335. The van der Waals surface area contributed by atoms with Gasteiger partial charge in [-0.25, -0.2) is 8.42 Å². The second-order valence-electron chi connectivity index (χ2n) is 6.51. The standard InChI is InChI=1S/C20H21N3O3S2/c1-3-14(2)15-9-11-16(12-10-15)21-20(24)19-18(22-23-27-19)13-28(25,26)17-7-5-4-6-8-17/h4-12,14H,3,13H2,1-2H3,(H,21,24). The van der Waals surface area contributed by atoms with E-state index in [9.17, 15) is 13.2 Å². The lowest BCUT2D eigenvalue weighted by atomic mass is 9.99. The van der Waals surface area contributed by atoms with Gasteiger partial charge in [-0.3, -0.25) is 4.79 Å². The lowest BCUT2D eigenvalue weighted by molar-refractivity contribution is 0.102. The Labute approximate surface area is 168 Å². The molecule has 1 amide bonds. The monoisotopic (exact) mass is 415 g/mol. The Morgan fingerprint density at radius 3 is 2.43 bits per heavy atom. The largest absolute Gasteiger partial charge is 0.321 e. The van der Waals surface area contributed by atoms with Crippen LogP contribution in [-0.2, 0) is 15.6 Å². The van der Waals surface area contributed by atoms with Gasteiger partial charge in [-0.15, -0.1) is 5.10 Å². The normalized spacial score (nSPS) is 12.5. The van der Waals surface area contributed by atoms with E-state index in [1.165, 1.54) is 17.7 Å². The molecule has 2 aromatic carbocycles. The molecule has 0 spiro atoms. The van der Waals surface area contributed by atoms with E-state index in [0.29, 0.717) is 11.6 Å². The molecule has 1 heterocycles. The number of hydrogen-bond acceptors (Lipinski definition) is 6. The minimum atomic E-state index is -3.61. The van der Waals surface area contributed by atoms with Crippen molar-refractivity contribution in [2.45, 2.75) is 36.8 Å². The molecule has 0 saturated heterocycles. The number of aromatic nitrogens is 2. The van der Waals surface area contributed by atoms with Gasteiger partial charge in [0.05, 0.1) is 4.90 Å². The number of carbonyl (C=O) groups excluding carboxylic acids is 1. The van der Waals surface area contributed by atoms with Crippen molar-refractivity contribution in [1.29, 1.82) is 0 Å². The Hall–Kier alpha value is -2.58. The quantitative estimate of drug-likeness (QED) is 0.622. The van der Waals surface area contributed by atoms with E-state index in [1.54, 1.807) is 18.2 Å². The molecule has 1 N–H and O–H groups in total. The molecule has 0 bridgehead atoms. The van der Waals surface area contributed by atoms with Gasteiger partial charge in [-0.05, 0) is 53.7 Å². The molecule has 1 atom stereocenters. The molecular formula is C20H21N3O3S2. The number of anilines is 1. The Morgan fingerprint density at radius 2 is 1.79 bits per heavy atom. The number of nitrogens with zero attached hydrogens (tertiary/aromatic N) is 2. The first-order valence-corrected chi connectivity index (χ1v) is 11.3. The van der Waals surface area contributed by atoms with E-state index in [0.717, 1.165) is 18.0 Å². The number of benzene rings is 2. The highest BCUT2D eigenvalue weighted by molar-refractivity contribution is 7.90. The van der Waals surface area contributed by atoms with Crippen LogP contribution in [0.4, 0.5) is 5.69 Å². The first-order chi connectivity index (χ1) is 13.4. The topological polar surface area (TPSA) is 89.0 Å². The van der Waals surface area contributed by atoms with E-state index < -0.39 is 15.7 Å². The van der Waals surface area contributed by atoms with Crippen molar-refractivity contribution in [3.63, 3.8) is 0 Å².